The summed E-state index contributed by atoms with van der Waals surface area (Å²) in [6, 6.07) is 15.6. The highest BCUT2D eigenvalue weighted by atomic mass is 16.2. The van der Waals surface area contributed by atoms with E-state index in [1.165, 1.54) is 18.4 Å². The minimum Gasteiger partial charge on any atom is -0.372 e. The van der Waals surface area contributed by atoms with Gasteiger partial charge in [-0.3, -0.25) is 9.59 Å². The summed E-state index contributed by atoms with van der Waals surface area (Å²) in [5.74, 6) is -0.282. The molecule has 0 saturated carbocycles. The van der Waals surface area contributed by atoms with Crippen LogP contribution in [0.15, 0.2) is 48.5 Å². The van der Waals surface area contributed by atoms with Crippen LogP contribution in [0.4, 0.5) is 11.4 Å². The van der Waals surface area contributed by atoms with Crippen molar-refractivity contribution in [2.24, 2.45) is 0 Å². The van der Waals surface area contributed by atoms with E-state index in [2.05, 4.69) is 10.2 Å². The van der Waals surface area contributed by atoms with Crippen LogP contribution in [-0.2, 0) is 11.2 Å². The molecule has 0 aromatic heterocycles. The lowest BCUT2D eigenvalue weighted by Crippen LogP contribution is -2.39. The zero-order valence-electron chi connectivity index (χ0n) is 14.8. The van der Waals surface area contributed by atoms with Crippen molar-refractivity contribution >= 4 is 23.2 Å². The van der Waals surface area contributed by atoms with Gasteiger partial charge in [-0.1, -0.05) is 18.2 Å². The van der Waals surface area contributed by atoms with Crippen LogP contribution in [-0.4, -0.2) is 38.0 Å². The summed E-state index contributed by atoms with van der Waals surface area (Å²) in [5.41, 5.74) is 3.89. The van der Waals surface area contributed by atoms with E-state index in [0.717, 1.165) is 30.9 Å². The molecule has 0 radical (unpaired) electrons. The van der Waals surface area contributed by atoms with Crippen molar-refractivity contribution in [1.82, 2.24) is 5.32 Å². The molecule has 0 aliphatic carbocycles. The minimum atomic E-state index is -0.209. The Kier molecular flexibility index (Phi) is 4.61. The highest BCUT2D eigenvalue weighted by Crippen LogP contribution is 2.27. The Hall–Kier alpha value is -2.82. The number of rotatable bonds is 4. The number of hydrogen-bond donors (Lipinski definition) is 1. The third-order valence-electron chi connectivity index (χ3n) is 5.19. The van der Waals surface area contributed by atoms with Crippen molar-refractivity contribution < 1.29 is 9.59 Å². The normalized spacial score (nSPS) is 15.8. The maximum absolute atomic E-state index is 12.5. The number of nitrogens with zero attached hydrogens (tertiary/aromatic N) is 2. The number of fused-ring (bicyclic) bond motifs is 1. The van der Waals surface area contributed by atoms with E-state index in [0.29, 0.717) is 12.1 Å². The number of amides is 2. The van der Waals surface area contributed by atoms with Crippen LogP contribution in [0.2, 0.25) is 0 Å². The van der Waals surface area contributed by atoms with Gasteiger partial charge < -0.3 is 15.1 Å². The maximum Gasteiger partial charge on any atom is 0.251 e. The molecular formula is C21H23N3O2. The lowest BCUT2D eigenvalue weighted by molar-refractivity contribution is -0.117. The summed E-state index contributed by atoms with van der Waals surface area (Å²) in [7, 11) is 0. The Morgan fingerprint density at radius 1 is 0.923 bits per heavy atom. The fourth-order valence-corrected chi connectivity index (χ4v) is 3.75. The number of anilines is 2. The summed E-state index contributed by atoms with van der Waals surface area (Å²) in [6.07, 6.45) is 3.32. The van der Waals surface area contributed by atoms with E-state index < -0.39 is 0 Å². The van der Waals surface area contributed by atoms with Crippen molar-refractivity contribution in [3.8, 4) is 0 Å². The van der Waals surface area contributed by atoms with Gasteiger partial charge in [0.15, 0.2) is 0 Å². The number of carbonyl (C=O) groups excluding carboxylic acids is 2. The van der Waals surface area contributed by atoms with E-state index in [4.69, 9.17) is 0 Å². The number of hydrogen-bond acceptors (Lipinski definition) is 3. The maximum atomic E-state index is 12.5. The molecule has 2 aliphatic rings. The Morgan fingerprint density at radius 3 is 2.42 bits per heavy atom. The van der Waals surface area contributed by atoms with Gasteiger partial charge in [-0.25, -0.2) is 0 Å². The molecule has 2 aromatic carbocycles. The summed E-state index contributed by atoms with van der Waals surface area (Å²) < 4.78 is 0. The SMILES string of the molecule is O=C(NCC(=O)N1CCc2ccccc21)c1ccc(N2CCCC2)cc1. The number of carbonyl (C=O) groups is 2. The molecular weight excluding hydrogens is 326 g/mol. The number of para-hydroxylation sites is 1. The zero-order chi connectivity index (χ0) is 17.9. The number of benzene rings is 2. The van der Waals surface area contributed by atoms with Gasteiger partial charge in [-0.2, -0.15) is 0 Å². The Morgan fingerprint density at radius 2 is 1.65 bits per heavy atom. The van der Waals surface area contributed by atoms with Crippen LogP contribution < -0.4 is 15.1 Å². The van der Waals surface area contributed by atoms with Crippen molar-refractivity contribution in [3.05, 3.63) is 59.7 Å². The molecule has 0 atom stereocenters. The van der Waals surface area contributed by atoms with Crippen molar-refractivity contribution in [2.45, 2.75) is 19.3 Å². The quantitative estimate of drug-likeness (QED) is 0.923. The van der Waals surface area contributed by atoms with Gasteiger partial charge in [0.25, 0.3) is 5.91 Å². The van der Waals surface area contributed by atoms with Crippen LogP contribution in [0.3, 0.4) is 0 Å². The molecule has 5 nitrogen and oxygen atoms in total. The molecule has 1 N–H and O–H groups in total. The molecule has 2 heterocycles. The molecule has 4 rings (SSSR count). The van der Waals surface area contributed by atoms with Gasteiger partial charge in [0.2, 0.25) is 5.91 Å². The largest absolute Gasteiger partial charge is 0.372 e. The molecule has 0 unspecified atom stereocenters. The molecule has 5 heteroatoms. The summed E-state index contributed by atoms with van der Waals surface area (Å²) >= 11 is 0. The van der Waals surface area contributed by atoms with E-state index in [1.807, 2.05) is 48.5 Å². The van der Waals surface area contributed by atoms with E-state index in [-0.39, 0.29) is 18.4 Å². The van der Waals surface area contributed by atoms with Crippen LogP contribution in [0.25, 0.3) is 0 Å². The van der Waals surface area contributed by atoms with Gasteiger partial charge in [0.1, 0.15) is 0 Å². The lowest BCUT2D eigenvalue weighted by atomic mass is 10.2. The predicted octanol–water partition coefficient (Wildman–Crippen LogP) is 2.61. The summed E-state index contributed by atoms with van der Waals surface area (Å²) in [4.78, 5) is 28.9. The lowest BCUT2D eigenvalue weighted by Gasteiger charge is -2.18. The van der Waals surface area contributed by atoms with E-state index in [9.17, 15) is 9.59 Å². The van der Waals surface area contributed by atoms with Crippen molar-refractivity contribution in [1.29, 1.82) is 0 Å². The Labute approximate surface area is 153 Å². The number of nitrogens with one attached hydrogen (secondary N) is 1. The Bertz CT molecular complexity index is 810. The molecule has 2 amide bonds. The first kappa shape index (κ1) is 16.6. The third-order valence-corrected chi connectivity index (χ3v) is 5.19. The molecule has 0 spiro atoms. The molecule has 2 aliphatic heterocycles. The van der Waals surface area contributed by atoms with Gasteiger partial charge >= 0.3 is 0 Å². The first-order chi connectivity index (χ1) is 12.7. The molecule has 1 fully saturated rings. The first-order valence-corrected chi connectivity index (χ1v) is 9.24. The zero-order valence-corrected chi connectivity index (χ0v) is 14.8. The predicted molar refractivity (Wildman–Crippen MR) is 103 cm³/mol. The van der Waals surface area contributed by atoms with Gasteiger partial charge in [0, 0.05) is 36.6 Å². The molecule has 26 heavy (non-hydrogen) atoms. The monoisotopic (exact) mass is 349 g/mol. The highest BCUT2D eigenvalue weighted by Gasteiger charge is 2.24. The van der Waals surface area contributed by atoms with Crippen LogP contribution in [0, 0.1) is 0 Å². The van der Waals surface area contributed by atoms with Crippen molar-refractivity contribution in [3.63, 3.8) is 0 Å². The van der Waals surface area contributed by atoms with Crippen LogP contribution in [0.5, 0.6) is 0 Å². The topological polar surface area (TPSA) is 52.7 Å². The van der Waals surface area contributed by atoms with Gasteiger partial charge in [0.05, 0.1) is 6.54 Å². The first-order valence-electron chi connectivity index (χ1n) is 9.24. The molecule has 134 valence electrons. The van der Waals surface area contributed by atoms with Crippen LogP contribution in [0.1, 0.15) is 28.8 Å². The molecule has 2 aromatic rings. The second-order valence-electron chi connectivity index (χ2n) is 6.85. The average molecular weight is 349 g/mol. The van der Waals surface area contributed by atoms with Crippen molar-refractivity contribution in [2.75, 3.05) is 36.0 Å². The van der Waals surface area contributed by atoms with E-state index >= 15 is 0 Å². The van der Waals surface area contributed by atoms with Crippen LogP contribution >= 0.6 is 0 Å². The minimum absolute atomic E-state index is 0.0149. The average Bonchev–Trinajstić information content (AvgIpc) is 3.36. The third kappa shape index (κ3) is 3.29. The second kappa shape index (κ2) is 7.20. The smallest absolute Gasteiger partial charge is 0.251 e. The fourth-order valence-electron chi connectivity index (χ4n) is 3.75. The van der Waals surface area contributed by atoms with E-state index in [1.54, 1.807) is 4.90 Å². The highest BCUT2D eigenvalue weighted by molar-refractivity contribution is 6.01. The summed E-state index contributed by atoms with van der Waals surface area (Å²) in [5, 5.41) is 2.75. The standard InChI is InChI=1S/C21H23N3O2/c25-20(24-14-11-16-5-1-2-6-19(16)24)15-22-21(26)17-7-9-18(10-8-17)23-12-3-4-13-23/h1-2,5-10H,3-4,11-15H2,(H,22,26). The summed E-state index contributed by atoms with van der Waals surface area (Å²) in [6.45, 7) is 2.86. The Balaban J connectivity index is 1.34. The second-order valence-corrected chi connectivity index (χ2v) is 6.85. The molecule has 1 saturated heterocycles. The fraction of sp³-hybridized carbons (Fsp3) is 0.333. The van der Waals surface area contributed by atoms with Gasteiger partial charge in [-0.05, 0) is 55.2 Å². The van der Waals surface area contributed by atoms with Gasteiger partial charge in [-0.15, -0.1) is 0 Å². The molecule has 0 bridgehead atoms.